The van der Waals surface area contributed by atoms with E-state index in [4.69, 9.17) is 30.8 Å². The van der Waals surface area contributed by atoms with Crippen molar-refractivity contribution in [3.8, 4) is 11.1 Å². The number of nitrogens with one attached hydrogen (secondary N) is 4. The van der Waals surface area contributed by atoms with Gasteiger partial charge in [-0.3, -0.25) is 39.0 Å². The molecule has 150 heavy (non-hydrogen) atoms. The molecule has 5 aliphatic rings. The number of ether oxygens (including phenoxy) is 3. The molecule has 0 radical (unpaired) electrons. The highest BCUT2D eigenvalue weighted by atomic mass is 16.6. The van der Waals surface area contributed by atoms with Crippen molar-refractivity contribution in [1.29, 1.82) is 0 Å². The number of piperidine rings is 2. The normalized spacial score (nSPS) is 15.9. The van der Waals surface area contributed by atoms with Crippen LogP contribution >= 0.6 is 0 Å². The van der Waals surface area contributed by atoms with Crippen LogP contribution in [0.4, 0.5) is 15.3 Å². The second-order valence-corrected chi connectivity index (χ2v) is 41.6. The molecule has 15 rings (SSSR count). The number of hydrogen-bond acceptors (Lipinski definition) is 18. The summed E-state index contributed by atoms with van der Waals surface area (Å²) in [4.78, 5) is 128. The molecule has 0 saturated carbocycles. The molecule has 10 aromatic carbocycles. The number of nitrogens with zero attached hydrogens (tertiary/aromatic N) is 9. The Morgan fingerprint density at radius 3 is 1.27 bits per heavy atom. The molecule has 0 spiro atoms. The van der Waals surface area contributed by atoms with Crippen LogP contribution in [-0.2, 0) is 55.4 Å². The van der Waals surface area contributed by atoms with Crippen molar-refractivity contribution in [2.45, 2.75) is 126 Å². The van der Waals surface area contributed by atoms with Gasteiger partial charge in [-0.1, -0.05) is 299 Å². The van der Waals surface area contributed by atoms with E-state index in [1.165, 1.54) is 49.0 Å². The topological polar surface area (TPSA) is 324 Å². The van der Waals surface area contributed by atoms with Gasteiger partial charge in [0.2, 0.25) is 11.8 Å². The molecule has 28 heteroatoms. The predicted octanol–water partition coefficient (Wildman–Crippen LogP) is 15.5. The van der Waals surface area contributed by atoms with Crippen molar-refractivity contribution in [3.05, 3.63) is 341 Å². The Hall–Kier alpha value is -13.1. The fraction of sp³-hybridized carbons (Fsp3) is 0.434. The Morgan fingerprint density at radius 1 is 0.413 bits per heavy atom. The third-order valence-corrected chi connectivity index (χ3v) is 29.9. The van der Waals surface area contributed by atoms with Gasteiger partial charge in [-0.05, 0) is 179 Å². The van der Waals surface area contributed by atoms with Crippen LogP contribution in [-0.4, -0.2) is 320 Å². The van der Waals surface area contributed by atoms with Crippen LogP contribution in [0.1, 0.15) is 156 Å². The van der Waals surface area contributed by atoms with Crippen molar-refractivity contribution in [1.82, 2.24) is 50.2 Å². The standard InChI is InChI=1S/C36H42N6O6.C32H47N3O4.C29H35N3O.C25H35N3O2/c1-42(2,25-23-41-34(45)29-13-6-7-14-30(29)35(41)46)24-19-38-33(44)32(43)37-18-22-40-20-16-27(17-21-40)48-36(47)39-31-15-9-8-12-28(31)26-10-4-3-5-11-26;1-35(2,26-30(36)37)25-15-7-5-3-4-6-14-22-34-23-20-29(21-24-34)39-32(38)33-31(27-16-10-8-11-17-27)28-18-12-9-13-19-28;1-31(19-17-24-11-5-2-6-12-24)21-22-32-20-18-27(23-32)29(28(30)33,25-13-7-3-8-14-25)26-15-9-4-10-16-26;1-3-30-19-18-27(2)16-17-28-15-14-23(20-28)25(24(26)29,21-10-6-4-7-11-21)22-12-8-5-9-13-22/h3-15,27H,16-25H2,1-2H3,(H2-,37,38,39,43,44,47);8-13,16-19,29,31H,3-7,14-15,20-26H2,1-2H3,(H-,33,36,37,38);2-16,27H,17-23H2,1H3,(H2,30,33);4-13,23H,3,14-20H2,1-2H3,(H2,26,29)/p+2/t;;27-;23-/m..11/s1. The minimum absolute atomic E-state index is 0.0347. The molecule has 10 aromatic rings. The molecule has 4 saturated heterocycles. The van der Waals surface area contributed by atoms with Gasteiger partial charge in [-0.25, -0.2) is 14.4 Å². The number of carbonyl (C=O) groups is 9. The van der Waals surface area contributed by atoms with Crippen LogP contribution in [0.2, 0.25) is 0 Å². The monoisotopic (exact) mass is 2040 g/mol. The molecule has 2 atom stereocenters. The molecule has 0 aliphatic carbocycles. The number of likely N-dealkylation sites (N-methyl/N-ethyl adjacent to an activating group) is 4. The quantitative estimate of drug-likeness (QED) is 0.00806. The number of amides is 8. The number of carbonyl (C=O) groups excluding carboxylic acids is 8. The third kappa shape index (κ3) is 34.7. The summed E-state index contributed by atoms with van der Waals surface area (Å²) in [6, 6.07) is 95.0. The highest BCUT2D eigenvalue weighted by Crippen LogP contribution is 2.46. The Labute approximate surface area is 888 Å². The molecule has 0 unspecified atom stereocenters. The molecule has 4 fully saturated rings. The van der Waals surface area contributed by atoms with E-state index in [1.807, 2.05) is 247 Å². The summed E-state index contributed by atoms with van der Waals surface area (Å²) in [5, 5.41) is 20.3. The van der Waals surface area contributed by atoms with Gasteiger partial charge in [0.25, 0.3) is 11.8 Å². The minimum Gasteiger partial charge on any atom is -0.477 e. The summed E-state index contributed by atoms with van der Waals surface area (Å²) in [6.07, 6.45) is 13.5. The Balaban J connectivity index is 0.000000180. The molecular formula is C122H161N15O13+2. The smallest absolute Gasteiger partial charge is 0.411 e. The summed E-state index contributed by atoms with van der Waals surface area (Å²) in [5.41, 5.74) is 21.6. The number of para-hydroxylation sites is 1. The van der Waals surface area contributed by atoms with Crippen molar-refractivity contribution >= 4 is 59.3 Å². The van der Waals surface area contributed by atoms with Gasteiger partial charge in [0.05, 0.1) is 90.4 Å². The number of quaternary nitrogens is 2. The first-order valence-electron chi connectivity index (χ1n) is 53.9. The lowest BCUT2D eigenvalue weighted by Crippen LogP contribution is -2.51. The van der Waals surface area contributed by atoms with Gasteiger partial charge in [-0.2, -0.15) is 0 Å². The van der Waals surface area contributed by atoms with Crippen molar-refractivity contribution in [3.63, 3.8) is 0 Å². The van der Waals surface area contributed by atoms with E-state index in [2.05, 4.69) is 119 Å². The van der Waals surface area contributed by atoms with Gasteiger partial charge in [0, 0.05) is 104 Å². The van der Waals surface area contributed by atoms with Crippen molar-refractivity contribution in [2.24, 2.45) is 23.3 Å². The number of hydrogen-bond donors (Lipinski definition) is 7. The summed E-state index contributed by atoms with van der Waals surface area (Å²) < 4.78 is 18.0. The van der Waals surface area contributed by atoms with Gasteiger partial charge in [0.1, 0.15) is 23.0 Å². The number of likely N-dealkylation sites (tertiary alicyclic amines) is 4. The first kappa shape index (κ1) is 116. The van der Waals surface area contributed by atoms with Gasteiger partial charge in [0.15, 0.2) is 6.54 Å². The largest absolute Gasteiger partial charge is 0.477 e. The average Bonchev–Trinajstić information content (AvgIpc) is 1.41. The Bertz CT molecular complexity index is 5640. The number of carboxylic acid groups (broad SMARTS) is 1. The van der Waals surface area contributed by atoms with Crippen LogP contribution in [0.3, 0.4) is 0 Å². The van der Waals surface area contributed by atoms with E-state index in [-0.39, 0.29) is 79.4 Å². The van der Waals surface area contributed by atoms with Gasteiger partial charge >= 0.3 is 30.0 Å². The van der Waals surface area contributed by atoms with Crippen LogP contribution in [0.5, 0.6) is 0 Å². The predicted molar refractivity (Wildman–Crippen MR) is 593 cm³/mol. The van der Waals surface area contributed by atoms with E-state index in [0.717, 1.165) is 188 Å². The van der Waals surface area contributed by atoms with E-state index < -0.39 is 34.7 Å². The molecule has 800 valence electrons. The summed E-state index contributed by atoms with van der Waals surface area (Å²) >= 11 is 0. The number of rotatable bonds is 49. The van der Waals surface area contributed by atoms with Crippen LogP contribution in [0.25, 0.3) is 11.1 Å². The zero-order chi connectivity index (χ0) is 107. The number of fused-ring (bicyclic) bond motifs is 1. The van der Waals surface area contributed by atoms with Gasteiger partial charge in [-0.15, -0.1) is 0 Å². The van der Waals surface area contributed by atoms with E-state index in [1.54, 1.807) is 24.3 Å². The molecular weight excluding hydrogens is 1880 g/mol. The lowest BCUT2D eigenvalue weighted by Gasteiger charge is -2.37. The van der Waals surface area contributed by atoms with E-state index >= 15 is 0 Å². The SMILES string of the molecule is CCOCCN(C)CCN1CC[C@@H](C(C(N)=O)(c2ccccc2)c2ccccc2)C1.CN(CCc1ccccc1)CCN1CC[C@@H](C(C(N)=O)(c2ccccc2)c2ccccc2)C1.C[N+](C)(CCCCCCCCCN1CCC(OC(=O)NC(c2ccccc2)c2ccccc2)CC1)CC(=O)O.C[N+](C)(CCNC(=O)C(=O)NCCN1CCC(OC(=O)Nc2ccccc2-c2ccccc2)CC1)CCN1C(=O)c2ccccc2C1=O. The maximum atomic E-state index is 13.2. The number of carboxylic acids is 1. The minimum atomic E-state index is -0.809. The lowest BCUT2D eigenvalue weighted by molar-refractivity contribution is -0.888. The van der Waals surface area contributed by atoms with E-state index in [9.17, 15) is 43.2 Å². The number of alkyl carbamates (subject to hydrolysis) is 1. The maximum Gasteiger partial charge on any atom is 0.411 e. The average molecular weight is 2050 g/mol. The first-order valence-corrected chi connectivity index (χ1v) is 53.9. The molecule has 0 bridgehead atoms. The molecule has 28 nitrogen and oxygen atoms in total. The molecule has 0 aromatic heterocycles. The zero-order valence-electron chi connectivity index (χ0n) is 89.2. The number of unbranched alkanes of at least 4 members (excludes halogenated alkanes) is 6. The van der Waals surface area contributed by atoms with Crippen molar-refractivity contribution in [2.75, 3.05) is 211 Å². The molecule has 5 aliphatic heterocycles. The number of benzene rings is 10. The van der Waals surface area contributed by atoms with Crippen LogP contribution in [0.15, 0.2) is 291 Å². The maximum absolute atomic E-state index is 13.2. The fourth-order valence-electron chi connectivity index (χ4n) is 21.3. The number of primary amides is 2. The Morgan fingerprint density at radius 2 is 0.807 bits per heavy atom. The summed E-state index contributed by atoms with van der Waals surface area (Å²) in [6.45, 7) is 21.2. The van der Waals surface area contributed by atoms with Crippen molar-refractivity contribution < 1.29 is 71.4 Å². The molecule has 8 amide bonds. The molecule has 5 heterocycles. The lowest BCUT2D eigenvalue weighted by atomic mass is 9.64. The number of nitrogens with two attached hydrogens (primary N) is 2. The third-order valence-electron chi connectivity index (χ3n) is 29.9. The first-order chi connectivity index (χ1) is 72.6. The van der Waals surface area contributed by atoms with E-state index in [0.29, 0.717) is 77.9 Å². The number of anilines is 1. The zero-order valence-corrected chi connectivity index (χ0v) is 89.2. The second kappa shape index (κ2) is 59.5. The highest BCUT2D eigenvalue weighted by molar-refractivity contribution is 6.35. The van der Waals surface area contributed by atoms with Crippen LogP contribution in [0, 0.1) is 11.8 Å². The summed E-state index contributed by atoms with van der Waals surface area (Å²) in [5.74, 6) is -2.93. The van der Waals surface area contributed by atoms with Crippen LogP contribution < -0.4 is 32.7 Å². The number of aliphatic carboxylic acids is 1. The van der Waals surface area contributed by atoms with Gasteiger partial charge < -0.3 is 85.1 Å². The molecule has 9 N–H and O–H groups in total. The summed E-state index contributed by atoms with van der Waals surface area (Å²) in [7, 11) is 12.2. The second-order valence-electron chi connectivity index (χ2n) is 41.6. The highest BCUT2D eigenvalue weighted by Gasteiger charge is 2.51. The number of imide groups is 1. The fourth-order valence-corrected chi connectivity index (χ4v) is 21.3. The Kier molecular flexibility index (Phi) is 45.8.